The number of hydrogen-bond donors (Lipinski definition) is 2. The summed E-state index contributed by atoms with van der Waals surface area (Å²) in [5.74, 6) is 1.06. The fraction of sp³-hybridized carbons (Fsp3) is 0.875. The van der Waals surface area contributed by atoms with Crippen LogP contribution in [-0.4, -0.2) is 40.6 Å². The predicted octanol–water partition coefficient (Wildman–Crippen LogP) is 2.32. The van der Waals surface area contributed by atoms with Crippen LogP contribution in [0.5, 0.6) is 0 Å². The van der Waals surface area contributed by atoms with Gasteiger partial charge in [0.15, 0.2) is 0 Å². The van der Waals surface area contributed by atoms with Crippen LogP contribution < -0.4 is 5.32 Å². The van der Waals surface area contributed by atoms with E-state index in [1.807, 2.05) is 6.92 Å². The molecule has 118 valence electrons. The highest BCUT2D eigenvalue weighted by Gasteiger charge is 2.43. The maximum atomic E-state index is 12.4. The van der Waals surface area contributed by atoms with Gasteiger partial charge in [-0.2, -0.15) is 0 Å². The Kier molecular flexibility index (Phi) is 3.84. The molecule has 2 N–H and O–H groups in total. The maximum Gasteiger partial charge on any atom is 0.317 e. The molecule has 2 saturated carbocycles. The summed E-state index contributed by atoms with van der Waals surface area (Å²) >= 11 is 0. The van der Waals surface area contributed by atoms with E-state index in [4.69, 9.17) is 5.11 Å². The van der Waals surface area contributed by atoms with E-state index >= 15 is 0 Å². The zero-order valence-corrected chi connectivity index (χ0v) is 12.9. The number of nitrogens with one attached hydrogen (secondary N) is 1. The highest BCUT2D eigenvalue weighted by Crippen LogP contribution is 2.49. The normalized spacial score (nSPS) is 39.5. The molecule has 0 aromatic heterocycles. The van der Waals surface area contributed by atoms with Crippen LogP contribution in [-0.2, 0) is 4.79 Å². The summed E-state index contributed by atoms with van der Waals surface area (Å²) in [6.07, 6.45) is 5.83. The monoisotopic (exact) mass is 294 g/mol. The summed E-state index contributed by atoms with van der Waals surface area (Å²) in [5, 5.41) is 12.3. The Balaban J connectivity index is 1.55. The molecule has 1 saturated heterocycles. The Morgan fingerprint density at radius 1 is 1.24 bits per heavy atom. The molecule has 6 unspecified atom stereocenters. The number of carboxylic acid groups (broad SMARTS) is 1. The second kappa shape index (κ2) is 5.50. The van der Waals surface area contributed by atoms with Crippen molar-refractivity contribution in [3.8, 4) is 0 Å². The van der Waals surface area contributed by atoms with Gasteiger partial charge >= 0.3 is 12.0 Å². The molecule has 0 spiro atoms. The van der Waals surface area contributed by atoms with Crippen LogP contribution in [0.1, 0.15) is 46.0 Å². The lowest BCUT2D eigenvalue weighted by atomic mass is 9.84. The van der Waals surface area contributed by atoms with Crippen LogP contribution in [0, 0.1) is 23.7 Å². The third-order valence-corrected chi connectivity index (χ3v) is 6.12. The average Bonchev–Trinajstić information content (AvgIpc) is 3.12. The number of urea groups is 1. The number of carbonyl (C=O) groups excluding carboxylic acids is 1. The van der Waals surface area contributed by atoms with Crippen molar-refractivity contribution in [3.05, 3.63) is 0 Å². The van der Waals surface area contributed by atoms with Gasteiger partial charge in [-0.05, 0) is 57.3 Å². The van der Waals surface area contributed by atoms with Crippen LogP contribution in [0.15, 0.2) is 0 Å². The van der Waals surface area contributed by atoms with Crippen LogP contribution in [0.4, 0.5) is 4.79 Å². The van der Waals surface area contributed by atoms with Gasteiger partial charge in [0, 0.05) is 18.6 Å². The molecule has 3 rings (SSSR count). The molecule has 3 aliphatic rings. The molecule has 5 nitrogen and oxygen atoms in total. The number of nitrogens with zero attached hydrogens (tertiary/aromatic N) is 1. The van der Waals surface area contributed by atoms with E-state index in [-0.39, 0.29) is 18.1 Å². The third-order valence-electron chi connectivity index (χ3n) is 6.12. The third kappa shape index (κ3) is 2.62. The fourth-order valence-corrected chi connectivity index (χ4v) is 4.85. The number of rotatable bonds is 3. The van der Waals surface area contributed by atoms with Crippen molar-refractivity contribution in [2.24, 2.45) is 23.7 Å². The molecule has 0 aromatic rings. The molecular formula is C16H26N2O3. The van der Waals surface area contributed by atoms with Gasteiger partial charge in [0.05, 0.1) is 5.92 Å². The van der Waals surface area contributed by atoms with Crippen LogP contribution in [0.2, 0.25) is 0 Å². The zero-order valence-electron chi connectivity index (χ0n) is 12.9. The smallest absolute Gasteiger partial charge is 0.317 e. The number of carbonyl (C=O) groups is 2. The number of aliphatic carboxylic acids is 1. The van der Waals surface area contributed by atoms with Crippen molar-refractivity contribution in [3.63, 3.8) is 0 Å². The fourth-order valence-electron chi connectivity index (χ4n) is 4.85. The van der Waals surface area contributed by atoms with E-state index in [0.717, 1.165) is 11.8 Å². The molecule has 2 bridgehead atoms. The quantitative estimate of drug-likeness (QED) is 0.839. The average molecular weight is 294 g/mol. The first kappa shape index (κ1) is 14.7. The molecule has 1 aliphatic heterocycles. The first-order valence-electron chi connectivity index (χ1n) is 8.27. The largest absolute Gasteiger partial charge is 0.481 e. The van der Waals surface area contributed by atoms with Gasteiger partial charge in [-0.25, -0.2) is 4.79 Å². The summed E-state index contributed by atoms with van der Waals surface area (Å²) in [6, 6.07) is -0.0971. The maximum absolute atomic E-state index is 12.4. The Morgan fingerprint density at radius 3 is 2.52 bits per heavy atom. The van der Waals surface area contributed by atoms with Crippen molar-refractivity contribution in [1.82, 2.24) is 10.2 Å². The Hall–Kier alpha value is -1.26. The first-order valence-corrected chi connectivity index (χ1v) is 8.27. The molecule has 1 heterocycles. The highest BCUT2D eigenvalue weighted by atomic mass is 16.4. The SMILES string of the molecule is CC(NC(=O)N1CCC(C(=O)O)C1C)C1CC2CCC1C2. The van der Waals surface area contributed by atoms with Gasteiger partial charge in [0.1, 0.15) is 0 Å². The van der Waals surface area contributed by atoms with Crippen molar-refractivity contribution in [1.29, 1.82) is 0 Å². The van der Waals surface area contributed by atoms with Gasteiger partial charge < -0.3 is 15.3 Å². The standard InChI is InChI=1S/C16H26N2O3/c1-9(14-8-11-3-4-12(14)7-11)17-16(21)18-6-5-13(10(18)2)15(19)20/h9-14H,3-8H2,1-2H3,(H,17,21)(H,19,20). The minimum atomic E-state index is -0.793. The number of fused-ring (bicyclic) bond motifs is 2. The van der Waals surface area contributed by atoms with Crippen LogP contribution in [0.3, 0.4) is 0 Å². The minimum absolute atomic E-state index is 0.0819. The summed E-state index contributed by atoms with van der Waals surface area (Å²) in [6.45, 7) is 4.50. The lowest BCUT2D eigenvalue weighted by molar-refractivity contribution is -0.142. The first-order chi connectivity index (χ1) is 9.97. The van der Waals surface area contributed by atoms with E-state index in [9.17, 15) is 9.59 Å². The Bertz CT molecular complexity index is 439. The minimum Gasteiger partial charge on any atom is -0.481 e. The summed E-state index contributed by atoms with van der Waals surface area (Å²) in [7, 11) is 0. The second-order valence-electron chi connectivity index (χ2n) is 7.24. The molecular weight excluding hydrogens is 268 g/mol. The van der Waals surface area contributed by atoms with Crippen LogP contribution in [0.25, 0.3) is 0 Å². The molecule has 0 aromatic carbocycles. The van der Waals surface area contributed by atoms with Gasteiger partial charge in [-0.3, -0.25) is 4.79 Å². The van der Waals surface area contributed by atoms with Crippen LogP contribution >= 0.6 is 0 Å². The van der Waals surface area contributed by atoms with E-state index in [0.29, 0.717) is 18.9 Å². The van der Waals surface area contributed by atoms with Gasteiger partial charge in [-0.15, -0.1) is 0 Å². The molecule has 3 fully saturated rings. The van der Waals surface area contributed by atoms with Crippen molar-refractivity contribution in [2.75, 3.05) is 6.54 Å². The number of amides is 2. The molecule has 2 amide bonds. The summed E-state index contributed by atoms with van der Waals surface area (Å²) in [4.78, 5) is 25.3. The topological polar surface area (TPSA) is 69.6 Å². The second-order valence-corrected chi connectivity index (χ2v) is 7.24. The summed E-state index contributed by atoms with van der Waals surface area (Å²) < 4.78 is 0. The van der Waals surface area contributed by atoms with Crippen molar-refractivity contribution in [2.45, 2.75) is 58.0 Å². The highest BCUT2D eigenvalue weighted by molar-refractivity contribution is 5.78. The van der Waals surface area contributed by atoms with Gasteiger partial charge in [-0.1, -0.05) is 6.42 Å². The van der Waals surface area contributed by atoms with Gasteiger partial charge in [0.2, 0.25) is 0 Å². The molecule has 0 radical (unpaired) electrons. The zero-order chi connectivity index (χ0) is 15.1. The van der Waals surface area contributed by atoms with E-state index in [2.05, 4.69) is 12.2 Å². The Morgan fingerprint density at radius 2 is 2.00 bits per heavy atom. The molecule has 2 aliphatic carbocycles. The van der Waals surface area contributed by atoms with Crippen molar-refractivity contribution < 1.29 is 14.7 Å². The predicted molar refractivity (Wildman–Crippen MR) is 78.8 cm³/mol. The lowest BCUT2D eigenvalue weighted by Crippen LogP contribution is -2.49. The molecule has 21 heavy (non-hydrogen) atoms. The number of hydrogen-bond acceptors (Lipinski definition) is 2. The molecule has 5 heteroatoms. The van der Waals surface area contributed by atoms with E-state index < -0.39 is 11.9 Å². The van der Waals surface area contributed by atoms with E-state index in [1.54, 1.807) is 4.90 Å². The summed E-state index contributed by atoms with van der Waals surface area (Å²) in [5.41, 5.74) is 0. The van der Waals surface area contributed by atoms with Gasteiger partial charge in [0.25, 0.3) is 0 Å². The van der Waals surface area contributed by atoms with Crippen molar-refractivity contribution >= 4 is 12.0 Å². The Labute approximate surface area is 126 Å². The van der Waals surface area contributed by atoms with E-state index in [1.165, 1.54) is 25.7 Å². The number of carboxylic acids is 1. The lowest BCUT2D eigenvalue weighted by Gasteiger charge is -2.31. The molecule has 6 atom stereocenters. The number of likely N-dealkylation sites (tertiary alicyclic amines) is 1.